The lowest BCUT2D eigenvalue weighted by molar-refractivity contribution is -0.723. The maximum absolute atomic E-state index is 5.53. The Hall–Kier alpha value is -1.77. The number of aromatic nitrogens is 2. The fourth-order valence-corrected chi connectivity index (χ4v) is 3.38. The summed E-state index contributed by atoms with van der Waals surface area (Å²) in [6.07, 6.45) is 18.0. The highest BCUT2D eigenvalue weighted by Gasteiger charge is 2.15. The first-order valence-electron chi connectivity index (χ1n) is 10.1. The average molecular weight is 344 g/mol. The number of hydrogen-bond acceptors (Lipinski definition) is 1. The largest absolute Gasteiger partial charge is 0.494 e. The SMILES string of the molecule is CCCCCCCCC(CCc1ccc(OCC)cc1)[n+]1cc[nH]c1. The summed E-state index contributed by atoms with van der Waals surface area (Å²) in [4.78, 5) is 3.19. The van der Waals surface area contributed by atoms with Gasteiger partial charge >= 0.3 is 0 Å². The number of imidazole rings is 1. The first-order chi connectivity index (χ1) is 12.3. The molecular formula is C22H35N2O+. The van der Waals surface area contributed by atoms with Crippen LogP contribution in [0, 0.1) is 0 Å². The molecule has 0 aliphatic carbocycles. The van der Waals surface area contributed by atoms with Gasteiger partial charge in [-0.15, -0.1) is 0 Å². The van der Waals surface area contributed by atoms with Crippen LogP contribution in [-0.2, 0) is 6.42 Å². The molecule has 0 aliphatic heterocycles. The highest BCUT2D eigenvalue weighted by Crippen LogP contribution is 2.19. The molecule has 0 saturated heterocycles. The summed E-state index contributed by atoms with van der Waals surface area (Å²) < 4.78 is 7.88. The van der Waals surface area contributed by atoms with E-state index in [-0.39, 0.29) is 0 Å². The van der Waals surface area contributed by atoms with Gasteiger partial charge in [-0.2, -0.15) is 0 Å². The van der Waals surface area contributed by atoms with E-state index in [9.17, 15) is 0 Å². The minimum Gasteiger partial charge on any atom is -0.494 e. The van der Waals surface area contributed by atoms with Crippen molar-refractivity contribution in [3.05, 3.63) is 48.5 Å². The second kappa shape index (κ2) is 11.7. The Morgan fingerprint density at radius 3 is 2.40 bits per heavy atom. The maximum atomic E-state index is 5.53. The first kappa shape index (κ1) is 19.6. The lowest BCUT2D eigenvalue weighted by atomic mass is 9.99. The molecule has 2 aromatic rings. The van der Waals surface area contributed by atoms with Crippen molar-refractivity contribution in [2.24, 2.45) is 0 Å². The van der Waals surface area contributed by atoms with Crippen molar-refractivity contribution in [2.45, 2.75) is 77.7 Å². The topological polar surface area (TPSA) is 28.9 Å². The standard InChI is InChI=1S/C22H34N2O/c1-3-5-6-7-8-9-10-21(24-18-17-23-19-24)14-11-20-12-15-22(16-13-20)25-4-2/h12-13,15-19,21H,3-11,14H2,1-2H3/p+1. The zero-order chi connectivity index (χ0) is 17.7. The minimum atomic E-state index is 0.587. The number of nitrogens with one attached hydrogen (secondary N) is 1. The van der Waals surface area contributed by atoms with Gasteiger partial charge in [0.2, 0.25) is 6.33 Å². The molecule has 1 heterocycles. The van der Waals surface area contributed by atoms with Crippen LogP contribution < -0.4 is 9.30 Å². The molecule has 0 spiro atoms. The van der Waals surface area contributed by atoms with E-state index in [0.29, 0.717) is 6.04 Å². The number of hydrogen-bond donors (Lipinski definition) is 1. The van der Waals surface area contributed by atoms with Crippen LogP contribution >= 0.6 is 0 Å². The van der Waals surface area contributed by atoms with Crippen molar-refractivity contribution in [3.63, 3.8) is 0 Å². The summed E-state index contributed by atoms with van der Waals surface area (Å²) in [6.45, 7) is 5.03. The third-order valence-corrected chi connectivity index (χ3v) is 4.88. The third-order valence-electron chi connectivity index (χ3n) is 4.88. The summed E-state index contributed by atoms with van der Waals surface area (Å²) in [5, 5.41) is 0. The lowest BCUT2D eigenvalue weighted by Gasteiger charge is -2.14. The fraction of sp³-hybridized carbons (Fsp3) is 0.591. The maximum Gasteiger partial charge on any atom is 0.241 e. The van der Waals surface area contributed by atoms with E-state index in [2.05, 4.69) is 53.3 Å². The number of rotatable bonds is 13. The molecule has 1 N–H and O–H groups in total. The normalized spacial score (nSPS) is 12.2. The molecule has 3 heteroatoms. The van der Waals surface area contributed by atoms with Gasteiger partial charge in [-0.3, -0.25) is 4.98 Å². The highest BCUT2D eigenvalue weighted by molar-refractivity contribution is 5.27. The Labute approximate surface area is 153 Å². The van der Waals surface area contributed by atoms with Crippen molar-refractivity contribution in [1.29, 1.82) is 0 Å². The van der Waals surface area contributed by atoms with Crippen LogP contribution in [0.1, 0.15) is 76.8 Å². The van der Waals surface area contributed by atoms with E-state index in [1.807, 2.05) is 13.1 Å². The van der Waals surface area contributed by atoms with Crippen LogP contribution in [-0.4, -0.2) is 11.6 Å². The quantitative estimate of drug-likeness (QED) is 0.371. The monoisotopic (exact) mass is 343 g/mol. The molecule has 1 atom stereocenters. The van der Waals surface area contributed by atoms with Crippen LogP contribution in [0.15, 0.2) is 43.0 Å². The number of aryl methyl sites for hydroxylation is 1. The van der Waals surface area contributed by atoms with Gasteiger partial charge in [0.1, 0.15) is 24.2 Å². The molecule has 0 aliphatic rings. The molecule has 0 bridgehead atoms. The number of unbranched alkanes of at least 4 members (excludes halogenated alkanes) is 5. The van der Waals surface area contributed by atoms with Gasteiger partial charge in [0.15, 0.2) is 0 Å². The van der Waals surface area contributed by atoms with Gasteiger partial charge in [0, 0.05) is 0 Å². The molecule has 0 fully saturated rings. The Bertz CT molecular complexity index is 548. The third kappa shape index (κ3) is 7.33. The van der Waals surface area contributed by atoms with Gasteiger partial charge in [-0.25, -0.2) is 4.57 Å². The van der Waals surface area contributed by atoms with Gasteiger partial charge in [-0.05, 0) is 50.3 Å². The number of nitrogens with zero attached hydrogens (tertiary/aromatic N) is 1. The summed E-state index contributed by atoms with van der Waals surface area (Å²) >= 11 is 0. The minimum absolute atomic E-state index is 0.587. The van der Waals surface area contributed by atoms with Crippen LogP contribution in [0.5, 0.6) is 5.75 Å². The van der Waals surface area contributed by atoms with E-state index < -0.39 is 0 Å². The predicted octanol–water partition coefficient (Wildman–Crippen LogP) is 5.63. The summed E-state index contributed by atoms with van der Waals surface area (Å²) in [7, 11) is 0. The Morgan fingerprint density at radius 2 is 1.72 bits per heavy atom. The molecule has 1 aromatic heterocycles. The molecule has 138 valence electrons. The van der Waals surface area contributed by atoms with E-state index in [4.69, 9.17) is 4.74 Å². The smallest absolute Gasteiger partial charge is 0.241 e. The van der Waals surface area contributed by atoms with Crippen molar-refractivity contribution >= 4 is 0 Å². The van der Waals surface area contributed by atoms with Crippen LogP contribution in [0.4, 0.5) is 0 Å². The number of aromatic amines is 1. The molecule has 2 rings (SSSR count). The second-order valence-electron chi connectivity index (χ2n) is 6.88. The molecule has 0 radical (unpaired) electrons. The van der Waals surface area contributed by atoms with Gasteiger partial charge < -0.3 is 4.74 Å². The van der Waals surface area contributed by atoms with E-state index in [1.54, 1.807) is 0 Å². The van der Waals surface area contributed by atoms with Crippen molar-refractivity contribution in [1.82, 2.24) is 4.98 Å². The Kier molecular flexibility index (Phi) is 9.17. The zero-order valence-corrected chi connectivity index (χ0v) is 16.0. The number of benzene rings is 1. The summed E-state index contributed by atoms with van der Waals surface area (Å²) in [6, 6.07) is 9.17. The van der Waals surface area contributed by atoms with Gasteiger partial charge in [0.05, 0.1) is 6.61 Å². The number of H-pyrrole nitrogens is 1. The summed E-state index contributed by atoms with van der Waals surface area (Å²) in [5.74, 6) is 0.967. The molecule has 0 amide bonds. The highest BCUT2D eigenvalue weighted by atomic mass is 16.5. The second-order valence-corrected chi connectivity index (χ2v) is 6.88. The van der Waals surface area contributed by atoms with Crippen LogP contribution in [0.25, 0.3) is 0 Å². The number of ether oxygens (including phenoxy) is 1. The van der Waals surface area contributed by atoms with Crippen molar-refractivity contribution in [3.8, 4) is 5.75 Å². The molecule has 1 aromatic carbocycles. The fourth-order valence-electron chi connectivity index (χ4n) is 3.38. The predicted molar refractivity (Wildman–Crippen MR) is 104 cm³/mol. The summed E-state index contributed by atoms with van der Waals surface area (Å²) in [5.41, 5.74) is 1.40. The van der Waals surface area contributed by atoms with Crippen molar-refractivity contribution in [2.75, 3.05) is 6.61 Å². The first-order valence-corrected chi connectivity index (χ1v) is 10.1. The van der Waals surface area contributed by atoms with E-state index in [1.165, 1.54) is 56.9 Å². The van der Waals surface area contributed by atoms with Gasteiger partial charge in [0.25, 0.3) is 0 Å². The van der Waals surface area contributed by atoms with Crippen LogP contribution in [0.3, 0.4) is 0 Å². The molecule has 25 heavy (non-hydrogen) atoms. The molecule has 3 nitrogen and oxygen atoms in total. The Morgan fingerprint density at radius 1 is 0.960 bits per heavy atom. The van der Waals surface area contributed by atoms with Crippen molar-refractivity contribution < 1.29 is 9.30 Å². The van der Waals surface area contributed by atoms with E-state index in [0.717, 1.165) is 18.8 Å². The van der Waals surface area contributed by atoms with E-state index >= 15 is 0 Å². The molecular weight excluding hydrogens is 308 g/mol. The Balaban J connectivity index is 1.80. The van der Waals surface area contributed by atoms with Gasteiger partial charge in [-0.1, -0.05) is 51.2 Å². The lowest BCUT2D eigenvalue weighted by Crippen LogP contribution is -2.37. The molecule has 1 unspecified atom stereocenters. The molecule has 0 saturated carbocycles. The average Bonchev–Trinajstić information content (AvgIpc) is 3.16. The van der Waals surface area contributed by atoms with Crippen LogP contribution in [0.2, 0.25) is 0 Å². The zero-order valence-electron chi connectivity index (χ0n) is 16.0.